The van der Waals surface area contributed by atoms with E-state index in [0.717, 1.165) is 5.56 Å². The second-order valence-corrected chi connectivity index (χ2v) is 2.11. The monoisotopic (exact) mass is 166 g/mol. The summed E-state index contributed by atoms with van der Waals surface area (Å²) in [5.41, 5.74) is 0.965. The molecule has 0 spiro atoms. The summed E-state index contributed by atoms with van der Waals surface area (Å²) < 4.78 is 0. The van der Waals surface area contributed by atoms with Crippen LogP contribution in [0, 0.1) is 0 Å². The Morgan fingerprint density at radius 3 is 1.92 bits per heavy atom. The lowest BCUT2D eigenvalue weighted by Gasteiger charge is -1.89. The van der Waals surface area contributed by atoms with Crippen molar-refractivity contribution < 1.29 is 10.2 Å². The molecule has 0 aromatic heterocycles. The highest BCUT2D eigenvalue weighted by molar-refractivity contribution is 5.12. The fourth-order valence-electron chi connectivity index (χ4n) is 0.583. The molecule has 0 aliphatic heterocycles. The Labute approximate surface area is 72.8 Å². The molecule has 1 aromatic rings. The molecule has 12 heavy (non-hydrogen) atoms. The normalized spacial score (nSPS) is 8.17. The van der Waals surface area contributed by atoms with Crippen molar-refractivity contribution in [1.29, 1.82) is 0 Å². The standard InChI is InChI=1S/C7H8O.C3H6O/c8-6-7-4-2-1-3-5-7;1-2-3-4/h1-5,8H,6H2;2,4H,1,3H2. The van der Waals surface area contributed by atoms with Crippen molar-refractivity contribution in [2.24, 2.45) is 0 Å². The van der Waals surface area contributed by atoms with Gasteiger partial charge in [0.15, 0.2) is 0 Å². The maximum absolute atomic E-state index is 8.54. The molecular weight excluding hydrogens is 152 g/mol. The van der Waals surface area contributed by atoms with Gasteiger partial charge in [-0.1, -0.05) is 36.4 Å². The maximum Gasteiger partial charge on any atom is 0.0681 e. The summed E-state index contributed by atoms with van der Waals surface area (Å²) >= 11 is 0. The predicted molar refractivity (Wildman–Crippen MR) is 49.6 cm³/mol. The molecule has 2 nitrogen and oxygen atoms in total. The Balaban J connectivity index is 0.000000261. The van der Waals surface area contributed by atoms with Crippen LogP contribution in [-0.4, -0.2) is 16.8 Å². The van der Waals surface area contributed by atoms with Gasteiger partial charge in [0.1, 0.15) is 0 Å². The molecule has 2 heteroatoms. The second kappa shape index (κ2) is 7.98. The summed E-state index contributed by atoms with van der Waals surface area (Å²) in [6.07, 6.45) is 1.43. The second-order valence-electron chi connectivity index (χ2n) is 2.11. The number of benzene rings is 1. The number of aliphatic hydroxyl groups excluding tert-OH is 2. The van der Waals surface area contributed by atoms with Crippen LogP contribution < -0.4 is 0 Å². The van der Waals surface area contributed by atoms with Crippen molar-refractivity contribution in [3.63, 3.8) is 0 Å². The van der Waals surface area contributed by atoms with Gasteiger partial charge in [0.2, 0.25) is 0 Å². The molecule has 1 aromatic carbocycles. The Bertz CT molecular complexity index is 194. The average Bonchev–Trinajstić information content (AvgIpc) is 2.19. The van der Waals surface area contributed by atoms with E-state index in [0.29, 0.717) is 0 Å². The zero-order valence-electron chi connectivity index (χ0n) is 6.98. The van der Waals surface area contributed by atoms with Gasteiger partial charge in [-0.2, -0.15) is 0 Å². The summed E-state index contributed by atoms with van der Waals surface area (Å²) in [7, 11) is 0. The Morgan fingerprint density at radius 2 is 1.67 bits per heavy atom. The van der Waals surface area contributed by atoms with E-state index in [9.17, 15) is 0 Å². The van der Waals surface area contributed by atoms with Gasteiger partial charge in [-0.15, -0.1) is 6.58 Å². The molecule has 0 fully saturated rings. The van der Waals surface area contributed by atoms with Gasteiger partial charge in [-0.3, -0.25) is 0 Å². The summed E-state index contributed by atoms with van der Waals surface area (Å²) in [5, 5.41) is 16.3. The predicted octanol–water partition coefficient (Wildman–Crippen LogP) is 1.34. The van der Waals surface area contributed by atoms with Crippen molar-refractivity contribution in [2.75, 3.05) is 6.61 Å². The first-order valence-electron chi connectivity index (χ1n) is 3.71. The van der Waals surface area contributed by atoms with Gasteiger partial charge in [0, 0.05) is 0 Å². The minimum Gasteiger partial charge on any atom is -0.392 e. The minimum absolute atomic E-state index is 0.0833. The zero-order valence-corrected chi connectivity index (χ0v) is 6.98. The molecule has 0 aliphatic rings. The summed E-state index contributed by atoms with van der Waals surface area (Å²) in [5.74, 6) is 0. The van der Waals surface area contributed by atoms with E-state index in [-0.39, 0.29) is 13.2 Å². The van der Waals surface area contributed by atoms with Crippen LogP contribution in [0.3, 0.4) is 0 Å². The lowest BCUT2D eigenvalue weighted by atomic mass is 10.2. The lowest BCUT2D eigenvalue weighted by Crippen LogP contribution is -1.77. The van der Waals surface area contributed by atoms with E-state index in [1.807, 2.05) is 30.3 Å². The molecule has 0 atom stereocenters. The van der Waals surface area contributed by atoms with E-state index in [2.05, 4.69) is 6.58 Å². The molecule has 0 aliphatic carbocycles. The summed E-state index contributed by atoms with van der Waals surface area (Å²) in [4.78, 5) is 0. The van der Waals surface area contributed by atoms with Gasteiger partial charge in [0.05, 0.1) is 13.2 Å². The van der Waals surface area contributed by atoms with Gasteiger partial charge in [0.25, 0.3) is 0 Å². The minimum atomic E-state index is 0.0833. The van der Waals surface area contributed by atoms with E-state index in [1.165, 1.54) is 6.08 Å². The van der Waals surface area contributed by atoms with Crippen molar-refractivity contribution >= 4 is 0 Å². The van der Waals surface area contributed by atoms with Gasteiger partial charge in [-0.25, -0.2) is 0 Å². The molecular formula is C10H14O2. The first kappa shape index (κ1) is 10.9. The lowest BCUT2D eigenvalue weighted by molar-refractivity contribution is 0.282. The topological polar surface area (TPSA) is 40.5 Å². The Morgan fingerprint density at radius 1 is 1.17 bits per heavy atom. The highest BCUT2D eigenvalue weighted by atomic mass is 16.3. The Kier molecular flexibility index (Phi) is 7.24. The molecule has 0 amide bonds. The van der Waals surface area contributed by atoms with Crippen LogP contribution in [0.2, 0.25) is 0 Å². The number of rotatable bonds is 2. The van der Waals surface area contributed by atoms with Crippen LogP contribution in [-0.2, 0) is 6.61 Å². The molecule has 0 radical (unpaired) electrons. The maximum atomic E-state index is 8.54. The SMILES string of the molecule is C=CCO.OCc1ccccc1. The van der Waals surface area contributed by atoms with E-state index < -0.39 is 0 Å². The van der Waals surface area contributed by atoms with Crippen molar-refractivity contribution in [3.8, 4) is 0 Å². The fourth-order valence-corrected chi connectivity index (χ4v) is 0.583. The Hall–Kier alpha value is -1.12. The van der Waals surface area contributed by atoms with Crippen molar-refractivity contribution in [2.45, 2.75) is 6.61 Å². The molecule has 1 rings (SSSR count). The third kappa shape index (κ3) is 5.65. The molecule has 0 heterocycles. The van der Waals surface area contributed by atoms with Crippen LogP contribution in [0.15, 0.2) is 43.0 Å². The van der Waals surface area contributed by atoms with Gasteiger partial charge >= 0.3 is 0 Å². The third-order valence-corrected chi connectivity index (χ3v) is 1.15. The van der Waals surface area contributed by atoms with E-state index >= 15 is 0 Å². The summed E-state index contributed by atoms with van der Waals surface area (Å²) in [6, 6.07) is 9.52. The van der Waals surface area contributed by atoms with E-state index in [4.69, 9.17) is 10.2 Å². The number of hydrogen-bond acceptors (Lipinski definition) is 2. The van der Waals surface area contributed by atoms with E-state index in [1.54, 1.807) is 0 Å². The van der Waals surface area contributed by atoms with Crippen molar-refractivity contribution in [3.05, 3.63) is 48.6 Å². The molecule has 0 unspecified atom stereocenters. The highest BCUT2D eigenvalue weighted by Crippen LogP contribution is 1.95. The molecule has 0 saturated carbocycles. The van der Waals surface area contributed by atoms with Gasteiger partial charge in [-0.05, 0) is 5.56 Å². The molecule has 2 N–H and O–H groups in total. The number of aliphatic hydroxyl groups is 2. The average molecular weight is 166 g/mol. The smallest absolute Gasteiger partial charge is 0.0681 e. The first-order chi connectivity index (χ1) is 5.85. The largest absolute Gasteiger partial charge is 0.392 e. The highest BCUT2D eigenvalue weighted by Gasteiger charge is 1.81. The van der Waals surface area contributed by atoms with Crippen LogP contribution in [0.1, 0.15) is 5.56 Å². The van der Waals surface area contributed by atoms with Crippen LogP contribution >= 0.6 is 0 Å². The van der Waals surface area contributed by atoms with Crippen LogP contribution in [0.25, 0.3) is 0 Å². The molecule has 66 valence electrons. The fraction of sp³-hybridized carbons (Fsp3) is 0.200. The zero-order chi connectivity index (χ0) is 9.23. The summed E-state index contributed by atoms with van der Waals surface area (Å²) in [6.45, 7) is 3.45. The van der Waals surface area contributed by atoms with Gasteiger partial charge < -0.3 is 10.2 Å². The third-order valence-electron chi connectivity index (χ3n) is 1.15. The van der Waals surface area contributed by atoms with Crippen molar-refractivity contribution in [1.82, 2.24) is 0 Å². The number of hydrogen-bond donors (Lipinski definition) is 2. The molecule has 0 saturated heterocycles. The molecule has 0 bridgehead atoms. The van der Waals surface area contributed by atoms with Crippen LogP contribution in [0.4, 0.5) is 0 Å². The quantitative estimate of drug-likeness (QED) is 0.651. The van der Waals surface area contributed by atoms with Crippen LogP contribution in [0.5, 0.6) is 0 Å². The first-order valence-corrected chi connectivity index (χ1v) is 3.71.